The van der Waals surface area contributed by atoms with Crippen molar-refractivity contribution in [2.24, 2.45) is 5.73 Å². The van der Waals surface area contributed by atoms with E-state index in [0.717, 1.165) is 28.4 Å². The number of carbonyl (C=O) groups is 1. The number of hydrogen-bond donors (Lipinski definition) is 1. The number of aryl methyl sites for hydroxylation is 1. The summed E-state index contributed by atoms with van der Waals surface area (Å²) in [7, 11) is 0. The number of piperidine rings is 1. The molecule has 110 valence electrons. The summed E-state index contributed by atoms with van der Waals surface area (Å²) in [5.41, 5.74) is 8.18. The number of amides is 1. The zero-order chi connectivity index (χ0) is 14.9. The van der Waals surface area contributed by atoms with E-state index in [-0.39, 0.29) is 17.5 Å². The number of hydrogen-bond acceptors (Lipinski definition) is 2. The van der Waals surface area contributed by atoms with Gasteiger partial charge >= 0.3 is 0 Å². The van der Waals surface area contributed by atoms with Crippen LogP contribution in [-0.2, 0) is 11.2 Å². The fourth-order valence-corrected chi connectivity index (χ4v) is 3.18. The second-order valence-electron chi connectivity index (χ2n) is 6.36. The van der Waals surface area contributed by atoms with E-state index in [1.54, 1.807) is 0 Å². The molecule has 1 amide bonds. The summed E-state index contributed by atoms with van der Waals surface area (Å²) in [6.45, 7) is 6.97. The Kier molecular flexibility index (Phi) is 4.55. The van der Waals surface area contributed by atoms with Gasteiger partial charge in [-0.25, -0.2) is 0 Å². The first-order chi connectivity index (χ1) is 9.29. The maximum absolute atomic E-state index is 12.6. The molecule has 1 fully saturated rings. The molecule has 20 heavy (non-hydrogen) atoms. The highest BCUT2D eigenvalue weighted by Crippen LogP contribution is 2.28. The fraction of sp³-hybridized carbons (Fsp3) is 0.562. The molecule has 3 nitrogen and oxygen atoms in total. The number of benzene rings is 1. The van der Waals surface area contributed by atoms with E-state index in [0.29, 0.717) is 13.0 Å². The number of halogens is 1. The molecule has 0 aromatic heterocycles. The van der Waals surface area contributed by atoms with Crippen LogP contribution in [0.1, 0.15) is 37.8 Å². The van der Waals surface area contributed by atoms with Crippen LogP contribution in [0.25, 0.3) is 0 Å². The van der Waals surface area contributed by atoms with Crippen molar-refractivity contribution in [1.82, 2.24) is 4.90 Å². The predicted molar refractivity (Wildman–Crippen MR) is 85.6 cm³/mol. The summed E-state index contributed by atoms with van der Waals surface area (Å²) >= 11 is 3.47. The van der Waals surface area contributed by atoms with Crippen molar-refractivity contribution < 1.29 is 4.79 Å². The van der Waals surface area contributed by atoms with E-state index in [4.69, 9.17) is 5.73 Å². The molecular weight excluding hydrogens is 316 g/mol. The summed E-state index contributed by atoms with van der Waals surface area (Å²) in [5, 5.41) is 0. The fourth-order valence-electron chi connectivity index (χ4n) is 2.77. The average molecular weight is 339 g/mol. The van der Waals surface area contributed by atoms with E-state index in [1.807, 2.05) is 30.0 Å². The molecule has 4 heteroatoms. The van der Waals surface area contributed by atoms with Crippen molar-refractivity contribution in [1.29, 1.82) is 0 Å². The summed E-state index contributed by atoms with van der Waals surface area (Å²) in [6.07, 6.45) is 2.41. The van der Waals surface area contributed by atoms with Gasteiger partial charge in [0.15, 0.2) is 0 Å². The van der Waals surface area contributed by atoms with E-state index >= 15 is 0 Å². The SMILES string of the molecule is Cc1ccc(Br)cc1CC(=O)N1CC(N)CCC1(C)C. The van der Waals surface area contributed by atoms with Crippen LogP contribution in [0.2, 0.25) is 0 Å². The zero-order valence-electron chi connectivity index (χ0n) is 12.4. The van der Waals surface area contributed by atoms with Gasteiger partial charge in [-0.1, -0.05) is 22.0 Å². The molecule has 1 heterocycles. The highest BCUT2D eigenvalue weighted by atomic mass is 79.9. The molecule has 1 unspecified atom stereocenters. The first-order valence-corrected chi connectivity index (χ1v) is 7.90. The van der Waals surface area contributed by atoms with Crippen molar-refractivity contribution in [3.63, 3.8) is 0 Å². The minimum atomic E-state index is -0.0904. The third kappa shape index (κ3) is 3.41. The molecule has 1 aliphatic heterocycles. The highest BCUT2D eigenvalue weighted by Gasteiger charge is 2.35. The largest absolute Gasteiger partial charge is 0.336 e. The third-order valence-electron chi connectivity index (χ3n) is 4.23. The molecule has 1 saturated heterocycles. The predicted octanol–water partition coefficient (Wildman–Crippen LogP) is 3.03. The van der Waals surface area contributed by atoms with Gasteiger partial charge in [-0.2, -0.15) is 0 Å². The van der Waals surface area contributed by atoms with E-state index in [9.17, 15) is 4.79 Å². The Hall–Kier alpha value is -0.870. The molecule has 2 rings (SSSR count). The van der Waals surface area contributed by atoms with Crippen molar-refractivity contribution >= 4 is 21.8 Å². The van der Waals surface area contributed by atoms with Crippen molar-refractivity contribution in [2.75, 3.05) is 6.54 Å². The van der Waals surface area contributed by atoms with Crippen LogP contribution >= 0.6 is 15.9 Å². The molecule has 2 N–H and O–H groups in total. The van der Waals surface area contributed by atoms with Crippen LogP contribution in [0.5, 0.6) is 0 Å². The molecule has 1 aromatic rings. The zero-order valence-corrected chi connectivity index (χ0v) is 14.0. The number of rotatable bonds is 2. The van der Waals surface area contributed by atoms with Crippen LogP contribution in [0.3, 0.4) is 0 Å². The normalized spacial score (nSPS) is 21.9. The molecule has 1 aliphatic rings. The summed E-state index contributed by atoms with van der Waals surface area (Å²) < 4.78 is 1.01. The monoisotopic (exact) mass is 338 g/mol. The number of nitrogens with two attached hydrogens (primary N) is 1. The topological polar surface area (TPSA) is 46.3 Å². The van der Waals surface area contributed by atoms with Crippen LogP contribution in [0, 0.1) is 6.92 Å². The first-order valence-electron chi connectivity index (χ1n) is 7.11. The molecule has 0 bridgehead atoms. The van der Waals surface area contributed by atoms with Crippen molar-refractivity contribution in [3.8, 4) is 0 Å². The van der Waals surface area contributed by atoms with Gasteiger partial charge in [-0.15, -0.1) is 0 Å². The standard InChI is InChI=1S/C16H23BrN2O/c1-11-4-5-13(17)8-12(11)9-15(20)19-10-14(18)6-7-16(19,2)3/h4-5,8,14H,6-7,9-10,18H2,1-3H3. The molecule has 0 saturated carbocycles. The summed E-state index contributed by atoms with van der Waals surface area (Å²) in [5.74, 6) is 0.173. The third-order valence-corrected chi connectivity index (χ3v) is 4.72. The van der Waals surface area contributed by atoms with Gasteiger partial charge in [0.05, 0.1) is 6.42 Å². The number of nitrogens with zero attached hydrogens (tertiary/aromatic N) is 1. The number of likely N-dealkylation sites (tertiary alicyclic amines) is 1. The van der Waals surface area contributed by atoms with Crippen LogP contribution in [0.15, 0.2) is 22.7 Å². The Labute approximate surface area is 129 Å². The van der Waals surface area contributed by atoms with Crippen molar-refractivity contribution in [3.05, 3.63) is 33.8 Å². The van der Waals surface area contributed by atoms with Gasteiger partial charge in [-0.3, -0.25) is 4.79 Å². The van der Waals surface area contributed by atoms with Crippen molar-refractivity contribution in [2.45, 2.75) is 51.6 Å². The molecule has 0 aliphatic carbocycles. The van der Waals surface area contributed by atoms with E-state index in [2.05, 4.69) is 29.8 Å². The Balaban J connectivity index is 2.16. The van der Waals surface area contributed by atoms with Gasteiger partial charge < -0.3 is 10.6 Å². The second-order valence-corrected chi connectivity index (χ2v) is 7.28. The highest BCUT2D eigenvalue weighted by molar-refractivity contribution is 9.10. The van der Waals surface area contributed by atoms with Gasteiger partial charge in [0.25, 0.3) is 0 Å². The minimum Gasteiger partial charge on any atom is -0.336 e. The van der Waals surface area contributed by atoms with Crippen LogP contribution < -0.4 is 5.73 Å². The summed E-state index contributed by atoms with van der Waals surface area (Å²) in [4.78, 5) is 14.6. The van der Waals surface area contributed by atoms with Gasteiger partial charge in [-0.05, 0) is 56.9 Å². The molecule has 1 aromatic carbocycles. The summed E-state index contributed by atoms with van der Waals surface area (Å²) in [6, 6.07) is 6.18. The quantitative estimate of drug-likeness (QED) is 0.900. The lowest BCUT2D eigenvalue weighted by Gasteiger charge is -2.45. The maximum Gasteiger partial charge on any atom is 0.227 e. The lowest BCUT2D eigenvalue weighted by molar-refractivity contribution is -0.138. The molecule has 0 spiro atoms. The minimum absolute atomic E-state index is 0.0904. The Morgan fingerprint density at radius 3 is 2.90 bits per heavy atom. The van der Waals surface area contributed by atoms with Gasteiger partial charge in [0.1, 0.15) is 0 Å². The lowest BCUT2D eigenvalue weighted by Crippen LogP contribution is -2.57. The van der Waals surface area contributed by atoms with Gasteiger partial charge in [0.2, 0.25) is 5.91 Å². The average Bonchev–Trinajstić information content (AvgIpc) is 2.36. The Morgan fingerprint density at radius 2 is 2.20 bits per heavy atom. The second kappa shape index (κ2) is 5.86. The first kappa shape index (κ1) is 15.5. The van der Waals surface area contributed by atoms with Crippen LogP contribution in [-0.4, -0.2) is 28.9 Å². The Bertz CT molecular complexity index is 513. The maximum atomic E-state index is 12.6. The Morgan fingerprint density at radius 1 is 1.50 bits per heavy atom. The smallest absolute Gasteiger partial charge is 0.227 e. The molecular formula is C16H23BrN2O. The lowest BCUT2D eigenvalue weighted by atomic mass is 9.87. The van der Waals surface area contributed by atoms with Crippen LogP contribution in [0.4, 0.5) is 0 Å². The molecule has 1 atom stereocenters. The van der Waals surface area contributed by atoms with E-state index < -0.39 is 0 Å². The number of carbonyl (C=O) groups excluding carboxylic acids is 1. The molecule has 0 radical (unpaired) electrons. The van der Waals surface area contributed by atoms with E-state index in [1.165, 1.54) is 0 Å². The van der Waals surface area contributed by atoms with Gasteiger partial charge in [0, 0.05) is 22.6 Å².